The Bertz CT molecular complexity index is 527. The molecule has 1 fully saturated rings. The monoisotopic (exact) mass is 327 g/mol. The van der Waals surface area contributed by atoms with E-state index in [4.69, 9.17) is 26.8 Å². The first-order valence-corrected chi connectivity index (χ1v) is 7.56. The Labute approximate surface area is 135 Å². The van der Waals surface area contributed by atoms with Crippen LogP contribution in [0.2, 0.25) is 5.02 Å². The first-order valence-electron chi connectivity index (χ1n) is 7.18. The van der Waals surface area contributed by atoms with Gasteiger partial charge in [-0.1, -0.05) is 11.6 Å². The number of nitrogens with two attached hydrogens (primary N) is 1. The predicted molar refractivity (Wildman–Crippen MR) is 86.6 cm³/mol. The van der Waals surface area contributed by atoms with Crippen molar-refractivity contribution in [2.75, 3.05) is 38.8 Å². The Morgan fingerprint density at radius 1 is 1.55 bits per heavy atom. The molecule has 1 heterocycles. The van der Waals surface area contributed by atoms with E-state index in [1.807, 2.05) is 12.1 Å². The Morgan fingerprint density at radius 3 is 3.00 bits per heavy atom. The minimum absolute atomic E-state index is 0.0547. The van der Waals surface area contributed by atoms with Gasteiger partial charge in [-0.25, -0.2) is 0 Å². The van der Waals surface area contributed by atoms with Crippen molar-refractivity contribution in [1.82, 2.24) is 5.32 Å². The molecule has 3 N–H and O–H groups in total. The lowest BCUT2D eigenvalue weighted by Crippen LogP contribution is -2.48. The van der Waals surface area contributed by atoms with Crippen molar-refractivity contribution in [2.24, 2.45) is 5.73 Å². The average Bonchev–Trinajstić information content (AvgIpc) is 2.95. The summed E-state index contributed by atoms with van der Waals surface area (Å²) in [6, 6.07) is 4.93. The summed E-state index contributed by atoms with van der Waals surface area (Å²) in [6.45, 7) is 1.73. The zero-order valence-corrected chi connectivity index (χ0v) is 13.6. The summed E-state index contributed by atoms with van der Waals surface area (Å²) in [7, 11) is 3.15. The average molecular weight is 328 g/mol. The van der Waals surface area contributed by atoms with Gasteiger partial charge in [0.1, 0.15) is 11.8 Å². The third-order valence-electron chi connectivity index (χ3n) is 3.70. The number of nitrogens with one attached hydrogen (secondary N) is 1. The van der Waals surface area contributed by atoms with Gasteiger partial charge >= 0.3 is 0 Å². The van der Waals surface area contributed by atoms with E-state index in [1.165, 1.54) is 7.11 Å². The van der Waals surface area contributed by atoms with Crippen LogP contribution in [0, 0.1) is 0 Å². The molecular weight excluding hydrogens is 306 g/mol. The zero-order chi connectivity index (χ0) is 16.1. The molecule has 1 aromatic carbocycles. The molecule has 2 rings (SSSR count). The highest BCUT2D eigenvalue weighted by Crippen LogP contribution is 2.33. The lowest BCUT2D eigenvalue weighted by molar-refractivity contribution is -0.124. The maximum absolute atomic E-state index is 11.9. The van der Waals surface area contributed by atoms with Crippen LogP contribution in [-0.4, -0.2) is 51.9 Å². The standard InChI is InChI=1S/C15H22ClN3O3/c1-21-9-12(17)15(20)18-11-5-6-19(8-11)13-7-10(16)3-4-14(13)22-2/h3-4,7,11-12H,5-6,8-9,17H2,1-2H3,(H,18,20). The largest absolute Gasteiger partial charge is 0.495 e. The second-order valence-electron chi connectivity index (χ2n) is 5.32. The van der Waals surface area contributed by atoms with Crippen LogP contribution >= 0.6 is 11.6 Å². The molecule has 1 aromatic rings. The molecule has 0 aliphatic carbocycles. The minimum atomic E-state index is -0.639. The number of benzene rings is 1. The van der Waals surface area contributed by atoms with E-state index >= 15 is 0 Å². The minimum Gasteiger partial charge on any atom is -0.495 e. The molecule has 6 nitrogen and oxygen atoms in total. The van der Waals surface area contributed by atoms with Crippen molar-refractivity contribution in [2.45, 2.75) is 18.5 Å². The van der Waals surface area contributed by atoms with Gasteiger partial charge in [0.05, 0.1) is 19.4 Å². The second kappa shape index (κ2) is 7.67. The van der Waals surface area contributed by atoms with Gasteiger partial charge in [0, 0.05) is 31.3 Å². The fourth-order valence-corrected chi connectivity index (χ4v) is 2.74. The van der Waals surface area contributed by atoms with Crippen LogP contribution in [0.15, 0.2) is 18.2 Å². The predicted octanol–water partition coefficient (Wildman–Crippen LogP) is 1.02. The zero-order valence-electron chi connectivity index (χ0n) is 12.8. The first kappa shape index (κ1) is 16.9. The van der Waals surface area contributed by atoms with Gasteiger partial charge in [-0.3, -0.25) is 4.79 Å². The number of anilines is 1. The van der Waals surface area contributed by atoms with Gasteiger partial charge in [0.25, 0.3) is 0 Å². The van der Waals surface area contributed by atoms with Gasteiger partial charge < -0.3 is 25.4 Å². The van der Waals surface area contributed by atoms with E-state index in [-0.39, 0.29) is 18.6 Å². The highest BCUT2D eigenvalue weighted by atomic mass is 35.5. The van der Waals surface area contributed by atoms with Crippen LogP contribution in [0.5, 0.6) is 5.75 Å². The van der Waals surface area contributed by atoms with E-state index in [0.717, 1.165) is 24.4 Å². The Balaban J connectivity index is 1.98. The summed E-state index contributed by atoms with van der Waals surface area (Å²) >= 11 is 6.07. The third-order valence-corrected chi connectivity index (χ3v) is 3.93. The van der Waals surface area contributed by atoms with Crippen molar-refractivity contribution in [3.05, 3.63) is 23.2 Å². The number of halogens is 1. The second-order valence-corrected chi connectivity index (χ2v) is 5.75. The Hall–Kier alpha value is -1.50. The van der Waals surface area contributed by atoms with Crippen LogP contribution in [-0.2, 0) is 9.53 Å². The molecule has 1 amide bonds. The number of rotatable bonds is 6. The van der Waals surface area contributed by atoms with Crippen molar-refractivity contribution >= 4 is 23.2 Å². The van der Waals surface area contributed by atoms with Gasteiger partial charge in [0.2, 0.25) is 5.91 Å². The van der Waals surface area contributed by atoms with E-state index in [0.29, 0.717) is 11.6 Å². The fraction of sp³-hybridized carbons (Fsp3) is 0.533. The third kappa shape index (κ3) is 4.03. The highest BCUT2D eigenvalue weighted by molar-refractivity contribution is 6.30. The topological polar surface area (TPSA) is 76.8 Å². The molecule has 0 bridgehead atoms. The number of methoxy groups -OCH3 is 2. The van der Waals surface area contributed by atoms with Crippen molar-refractivity contribution < 1.29 is 14.3 Å². The number of carbonyl (C=O) groups is 1. The van der Waals surface area contributed by atoms with Crippen molar-refractivity contribution in [3.63, 3.8) is 0 Å². The molecule has 0 radical (unpaired) electrons. The summed E-state index contributed by atoms with van der Waals surface area (Å²) in [5, 5.41) is 3.61. The number of carbonyl (C=O) groups excluding carboxylic acids is 1. The smallest absolute Gasteiger partial charge is 0.239 e. The molecule has 7 heteroatoms. The summed E-state index contributed by atoms with van der Waals surface area (Å²) in [5.74, 6) is 0.583. The quantitative estimate of drug-likeness (QED) is 0.815. The number of ether oxygens (including phenoxy) is 2. The lowest BCUT2D eigenvalue weighted by Gasteiger charge is -2.22. The molecule has 122 valence electrons. The lowest BCUT2D eigenvalue weighted by atomic mass is 10.2. The van der Waals surface area contributed by atoms with Crippen LogP contribution in [0.4, 0.5) is 5.69 Å². The Kier molecular flexibility index (Phi) is 5.88. The molecule has 2 atom stereocenters. The number of hydrogen-bond acceptors (Lipinski definition) is 5. The van der Waals surface area contributed by atoms with Gasteiger partial charge in [-0.2, -0.15) is 0 Å². The normalized spacial score (nSPS) is 19.1. The van der Waals surface area contributed by atoms with Crippen molar-refractivity contribution in [3.8, 4) is 5.75 Å². The van der Waals surface area contributed by atoms with Crippen LogP contribution in [0.3, 0.4) is 0 Å². The molecule has 0 aromatic heterocycles. The molecular formula is C15H22ClN3O3. The molecule has 0 saturated carbocycles. The van der Waals surface area contributed by atoms with Crippen molar-refractivity contribution in [1.29, 1.82) is 0 Å². The SMILES string of the molecule is COCC(N)C(=O)NC1CCN(c2cc(Cl)ccc2OC)C1. The number of amides is 1. The van der Waals surface area contributed by atoms with E-state index in [1.54, 1.807) is 13.2 Å². The van der Waals surface area contributed by atoms with E-state index in [9.17, 15) is 4.79 Å². The van der Waals surface area contributed by atoms with Crippen LogP contribution < -0.4 is 20.7 Å². The van der Waals surface area contributed by atoms with Crippen LogP contribution in [0.1, 0.15) is 6.42 Å². The molecule has 0 spiro atoms. The summed E-state index contributed by atoms with van der Waals surface area (Å²) in [4.78, 5) is 14.1. The highest BCUT2D eigenvalue weighted by Gasteiger charge is 2.27. The maximum atomic E-state index is 11.9. The van der Waals surface area contributed by atoms with Gasteiger partial charge in [-0.05, 0) is 24.6 Å². The number of hydrogen-bond donors (Lipinski definition) is 2. The van der Waals surface area contributed by atoms with Gasteiger partial charge in [0.15, 0.2) is 0 Å². The molecule has 1 saturated heterocycles. The van der Waals surface area contributed by atoms with Crippen LogP contribution in [0.25, 0.3) is 0 Å². The van der Waals surface area contributed by atoms with E-state index in [2.05, 4.69) is 10.2 Å². The number of nitrogens with zero attached hydrogens (tertiary/aromatic N) is 1. The fourth-order valence-electron chi connectivity index (χ4n) is 2.57. The summed E-state index contributed by atoms with van der Waals surface area (Å²) in [5.41, 5.74) is 6.67. The maximum Gasteiger partial charge on any atom is 0.239 e. The van der Waals surface area contributed by atoms with Gasteiger partial charge in [-0.15, -0.1) is 0 Å². The summed E-state index contributed by atoms with van der Waals surface area (Å²) in [6.07, 6.45) is 0.848. The summed E-state index contributed by atoms with van der Waals surface area (Å²) < 4.78 is 10.3. The Morgan fingerprint density at radius 2 is 2.32 bits per heavy atom. The van der Waals surface area contributed by atoms with E-state index < -0.39 is 6.04 Å². The molecule has 2 unspecified atom stereocenters. The molecule has 22 heavy (non-hydrogen) atoms. The first-order chi connectivity index (χ1) is 10.5. The molecule has 1 aliphatic rings. The molecule has 1 aliphatic heterocycles.